The second-order valence-electron chi connectivity index (χ2n) is 17.7. The van der Waals surface area contributed by atoms with Gasteiger partial charge in [-0.25, -0.2) is 0 Å². The molecule has 5 fully saturated rings. The monoisotopic (exact) mass is 632 g/mol. The van der Waals surface area contributed by atoms with Gasteiger partial charge in [0.15, 0.2) is 6.29 Å². The molecule has 0 radical (unpaired) electrons. The topological polar surface area (TPSA) is 154 Å². The number of carboxylic acids is 2. The van der Waals surface area contributed by atoms with Crippen molar-refractivity contribution in [1.82, 2.24) is 0 Å². The van der Waals surface area contributed by atoms with E-state index in [1.807, 2.05) is 0 Å². The van der Waals surface area contributed by atoms with E-state index in [4.69, 9.17) is 9.47 Å². The molecular weight excluding hydrogens is 576 g/mol. The van der Waals surface area contributed by atoms with E-state index < -0.39 is 58.9 Å². The Labute approximate surface area is 267 Å². The van der Waals surface area contributed by atoms with Crippen molar-refractivity contribution in [2.45, 2.75) is 149 Å². The quantitative estimate of drug-likeness (QED) is 0.209. The van der Waals surface area contributed by atoms with Crippen LogP contribution in [0.2, 0.25) is 0 Å². The molecule has 0 amide bonds. The second kappa shape index (κ2) is 10.5. The van der Waals surface area contributed by atoms with Gasteiger partial charge >= 0.3 is 11.9 Å². The summed E-state index contributed by atoms with van der Waals surface area (Å²) in [7, 11) is 0. The van der Waals surface area contributed by atoms with Gasteiger partial charge in [0.1, 0.15) is 18.3 Å². The number of aliphatic hydroxyl groups excluding tert-OH is 3. The minimum absolute atomic E-state index is 0.0443. The molecule has 0 unspecified atom stereocenters. The summed E-state index contributed by atoms with van der Waals surface area (Å²) >= 11 is 0. The summed E-state index contributed by atoms with van der Waals surface area (Å²) in [6.07, 6.45) is 3.02. The molecule has 5 aliphatic carbocycles. The molecule has 9 nitrogen and oxygen atoms in total. The molecule has 0 aromatic carbocycles. The van der Waals surface area contributed by atoms with Crippen molar-refractivity contribution >= 4 is 11.9 Å². The lowest BCUT2D eigenvalue weighted by Gasteiger charge is -2.70. The number of carboxylic acid groups (broad SMARTS) is 2. The molecule has 5 N–H and O–H groups in total. The lowest BCUT2D eigenvalue weighted by Crippen LogP contribution is -2.68. The fraction of sp³-hybridized carbons (Fsp3) is 0.889. The fourth-order valence-corrected chi connectivity index (χ4v) is 12.3. The van der Waals surface area contributed by atoms with Crippen LogP contribution in [0.4, 0.5) is 0 Å². The van der Waals surface area contributed by atoms with Crippen molar-refractivity contribution in [3.05, 3.63) is 11.6 Å². The summed E-state index contributed by atoms with van der Waals surface area (Å²) in [6, 6.07) is 0. The van der Waals surface area contributed by atoms with E-state index in [2.05, 4.69) is 47.6 Å². The van der Waals surface area contributed by atoms with Crippen LogP contribution in [0.1, 0.15) is 113 Å². The molecule has 254 valence electrons. The van der Waals surface area contributed by atoms with E-state index in [1.165, 1.54) is 0 Å². The van der Waals surface area contributed by atoms with Gasteiger partial charge in [0.25, 0.3) is 0 Å². The van der Waals surface area contributed by atoms with Crippen LogP contribution in [0.3, 0.4) is 0 Å². The first-order chi connectivity index (χ1) is 20.8. The minimum atomic E-state index is -1.36. The molecule has 45 heavy (non-hydrogen) atoms. The van der Waals surface area contributed by atoms with Crippen molar-refractivity contribution in [3.8, 4) is 0 Å². The molecule has 13 atom stereocenters. The third kappa shape index (κ3) is 4.42. The van der Waals surface area contributed by atoms with Crippen molar-refractivity contribution in [3.63, 3.8) is 0 Å². The van der Waals surface area contributed by atoms with Gasteiger partial charge in [0.2, 0.25) is 0 Å². The maximum absolute atomic E-state index is 13.8. The number of rotatable bonds is 4. The molecule has 6 aliphatic rings. The zero-order valence-electron chi connectivity index (χ0n) is 28.2. The van der Waals surface area contributed by atoms with Crippen LogP contribution in [0.5, 0.6) is 0 Å². The second-order valence-corrected chi connectivity index (χ2v) is 17.7. The van der Waals surface area contributed by atoms with E-state index in [0.29, 0.717) is 32.1 Å². The lowest BCUT2D eigenvalue weighted by atomic mass is 9.33. The summed E-state index contributed by atoms with van der Waals surface area (Å²) in [6.45, 7) is 15.0. The Morgan fingerprint density at radius 3 is 2.13 bits per heavy atom. The molecular formula is C36H56O9. The molecule has 0 aromatic rings. The fourth-order valence-electron chi connectivity index (χ4n) is 12.3. The van der Waals surface area contributed by atoms with Gasteiger partial charge in [-0.1, -0.05) is 53.2 Å². The Kier molecular flexibility index (Phi) is 7.78. The van der Waals surface area contributed by atoms with Crippen LogP contribution in [0.15, 0.2) is 11.6 Å². The molecule has 1 heterocycles. The maximum Gasteiger partial charge on any atom is 0.314 e. The van der Waals surface area contributed by atoms with Gasteiger partial charge in [0.05, 0.1) is 23.0 Å². The molecule has 4 saturated carbocycles. The summed E-state index contributed by atoms with van der Waals surface area (Å²) < 4.78 is 12.3. The number of ether oxygens (including phenoxy) is 2. The Bertz CT molecular complexity index is 1260. The Morgan fingerprint density at radius 2 is 1.49 bits per heavy atom. The number of fused-ring (bicyclic) bond motifs is 7. The first kappa shape index (κ1) is 33.4. The number of hydrogen-bond acceptors (Lipinski definition) is 7. The van der Waals surface area contributed by atoms with Crippen LogP contribution in [-0.2, 0) is 19.1 Å². The van der Waals surface area contributed by atoms with Crippen LogP contribution in [-0.4, -0.2) is 74.3 Å². The Morgan fingerprint density at radius 1 is 0.822 bits per heavy atom. The van der Waals surface area contributed by atoms with Gasteiger partial charge < -0.3 is 35.0 Å². The van der Waals surface area contributed by atoms with E-state index >= 15 is 0 Å². The highest BCUT2D eigenvalue weighted by Crippen LogP contribution is 2.76. The van der Waals surface area contributed by atoms with E-state index in [9.17, 15) is 35.1 Å². The molecule has 1 saturated heterocycles. The zero-order valence-corrected chi connectivity index (χ0v) is 28.2. The predicted molar refractivity (Wildman–Crippen MR) is 166 cm³/mol. The Hall–Kier alpha value is -1.52. The largest absolute Gasteiger partial charge is 0.481 e. The highest BCUT2D eigenvalue weighted by atomic mass is 16.7. The summed E-state index contributed by atoms with van der Waals surface area (Å²) in [5.74, 6) is -1.52. The maximum atomic E-state index is 13.8. The van der Waals surface area contributed by atoms with Crippen LogP contribution in [0, 0.1) is 50.2 Å². The van der Waals surface area contributed by atoms with Crippen molar-refractivity contribution in [1.29, 1.82) is 0 Å². The van der Waals surface area contributed by atoms with Crippen molar-refractivity contribution in [2.24, 2.45) is 50.2 Å². The molecule has 0 bridgehead atoms. The molecule has 1 aliphatic heterocycles. The summed E-state index contributed by atoms with van der Waals surface area (Å²) in [4.78, 5) is 26.7. The summed E-state index contributed by atoms with van der Waals surface area (Å²) in [5.41, 5.74) is -2.17. The average molecular weight is 633 g/mol. The predicted octanol–water partition coefficient (Wildman–Crippen LogP) is 5.15. The minimum Gasteiger partial charge on any atom is -0.481 e. The number of allylic oxidation sites excluding steroid dienone is 1. The first-order valence-electron chi connectivity index (χ1n) is 17.3. The molecule has 9 heteroatoms. The molecule has 0 spiro atoms. The smallest absolute Gasteiger partial charge is 0.314 e. The molecule has 6 rings (SSSR count). The van der Waals surface area contributed by atoms with E-state index in [0.717, 1.165) is 37.7 Å². The number of aliphatic hydroxyl groups is 3. The van der Waals surface area contributed by atoms with Crippen molar-refractivity contribution < 1.29 is 44.6 Å². The van der Waals surface area contributed by atoms with Crippen molar-refractivity contribution in [2.75, 3.05) is 0 Å². The van der Waals surface area contributed by atoms with Gasteiger partial charge in [-0.05, 0) is 111 Å². The highest BCUT2D eigenvalue weighted by molar-refractivity contribution is 5.84. The van der Waals surface area contributed by atoms with Crippen LogP contribution < -0.4 is 0 Å². The van der Waals surface area contributed by atoms with Gasteiger partial charge in [0, 0.05) is 0 Å². The zero-order chi connectivity index (χ0) is 33.1. The van der Waals surface area contributed by atoms with Gasteiger partial charge in [-0.2, -0.15) is 0 Å². The van der Waals surface area contributed by atoms with Gasteiger partial charge in [-0.15, -0.1) is 0 Å². The first-order valence-corrected chi connectivity index (χ1v) is 17.3. The van der Waals surface area contributed by atoms with Crippen LogP contribution >= 0.6 is 0 Å². The standard InChI is InChI=1S/C36H56O9/c1-19-25(37)26(38)27(39)28(44-19)45-24-11-12-33(6)22(32(24,4)5)10-13-34(7)23(33)9-8-20-21-18-31(2,3)14-15-35(21,29(40)41)16-17-36(20,34)30(42)43/h8,19,21-28,37-39H,9-18H2,1-7H3,(H,40,41)(H,42,43)/t19-,21+,22-,23-,24+,25-,26+,27-,28+,33+,34-,35+,36-/m1/s1. The number of aliphatic carboxylic acids is 2. The van der Waals surface area contributed by atoms with E-state index in [1.54, 1.807) is 6.92 Å². The highest BCUT2D eigenvalue weighted by Gasteiger charge is 2.73. The number of carbonyl (C=O) groups is 2. The van der Waals surface area contributed by atoms with Crippen LogP contribution in [0.25, 0.3) is 0 Å². The Balaban J connectivity index is 1.35. The molecule has 0 aromatic heterocycles. The SMILES string of the molecule is C[C@H]1O[C@@H](O[C@H]2CC[C@@]3(C)[C@H](CC[C@]4(C)[C@@H]3CC=C3[C@@H]5CC(C)(C)CC[C@]5(C(=O)O)CC[C@]34C(=O)O)C2(C)C)[C@H](O)[C@@H](O)[C@@H]1O. The average Bonchev–Trinajstić information content (AvgIpc) is 2.95. The third-order valence-corrected chi connectivity index (χ3v) is 14.9. The number of hydrogen-bond donors (Lipinski definition) is 5. The lowest BCUT2D eigenvalue weighted by molar-refractivity contribution is -0.324. The third-order valence-electron chi connectivity index (χ3n) is 14.9. The van der Waals surface area contributed by atoms with E-state index in [-0.39, 0.29) is 40.1 Å². The van der Waals surface area contributed by atoms with Gasteiger partial charge in [-0.3, -0.25) is 9.59 Å². The normalized spacial score (nSPS) is 51.9. The summed E-state index contributed by atoms with van der Waals surface area (Å²) in [5, 5.41) is 53.2.